The summed E-state index contributed by atoms with van der Waals surface area (Å²) in [6, 6.07) is 8.02. The quantitative estimate of drug-likeness (QED) is 0.899. The van der Waals surface area contributed by atoms with Crippen LogP contribution >= 0.6 is 0 Å². The number of nitrogens with one attached hydrogen (secondary N) is 1. The van der Waals surface area contributed by atoms with E-state index in [0.717, 1.165) is 55.1 Å². The van der Waals surface area contributed by atoms with Crippen LogP contribution in [0.3, 0.4) is 0 Å². The van der Waals surface area contributed by atoms with Crippen molar-refractivity contribution in [3.63, 3.8) is 0 Å². The number of nitrogens with zero attached hydrogens (tertiary/aromatic N) is 2. The molecule has 0 radical (unpaired) electrons. The maximum absolute atomic E-state index is 12.2. The Morgan fingerprint density at radius 3 is 2.92 bits per heavy atom. The summed E-state index contributed by atoms with van der Waals surface area (Å²) in [6.07, 6.45) is 8.23. The van der Waals surface area contributed by atoms with E-state index in [2.05, 4.69) is 16.4 Å². The number of fused-ring (bicyclic) bond motifs is 1. The van der Waals surface area contributed by atoms with Gasteiger partial charge in [-0.2, -0.15) is 0 Å². The van der Waals surface area contributed by atoms with Crippen molar-refractivity contribution in [2.75, 3.05) is 19.6 Å². The zero-order valence-electron chi connectivity index (χ0n) is 15.4. The first-order valence-electron chi connectivity index (χ1n) is 9.46. The molecule has 0 saturated carbocycles. The second-order valence-corrected chi connectivity index (χ2v) is 7.18. The molecule has 1 aromatic carbocycles. The largest absolute Gasteiger partial charge is 0.356 e. The minimum atomic E-state index is 0.0670. The molecule has 3 rings (SSSR count). The topological polar surface area (TPSA) is 62.3 Å². The Hall–Kier alpha value is -2.43. The average Bonchev–Trinajstić information content (AvgIpc) is 2.87. The number of rotatable bonds is 5. The van der Waals surface area contributed by atoms with E-state index in [1.54, 1.807) is 13.1 Å². The Balaban J connectivity index is 1.43. The van der Waals surface area contributed by atoms with Crippen LogP contribution in [0.4, 0.5) is 0 Å². The van der Waals surface area contributed by atoms with Crippen LogP contribution in [0.1, 0.15) is 38.2 Å². The van der Waals surface area contributed by atoms with Gasteiger partial charge in [-0.25, -0.2) is 0 Å². The maximum atomic E-state index is 12.2. The highest BCUT2D eigenvalue weighted by atomic mass is 16.2. The van der Waals surface area contributed by atoms with Gasteiger partial charge in [-0.1, -0.05) is 18.2 Å². The predicted octanol–water partition coefficient (Wildman–Crippen LogP) is 2.93. The first-order chi connectivity index (χ1) is 12.6. The summed E-state index contributed by atoms with van der Waals surface area (Å²) >= 11 is 0. The molecule has 26 heavy (non-hydrogen) atoms. The van der Waals surface area contributed by atoms with E-state index in [9.17, 15) is 9.59 Å². The molecule has 0 spiro atoms. The number of carbonyl (C=O) groups excluding carboxylic acids is 2. The Kier molecular flexibility index (Phi) is 6.21. The fraction of sp³-hybridized carbons (Fsp3) is 0.476. The molecule has 1 saturated heterocycles. The highest BCUT2D eigenvalue weighted by Crippen LogP contribution is 2.20. The first kappa shape index (κ1) is 18.4. The number of aromatic nitrogens is 1. The molecule has 5 heteroatoms. The highest BCUT2D eigenvalue weighted by molar-refractivity contribution is 5.84. The number of likely N-dealkylation sites (tertiary alicyclic amines) is 1. The zero-order chi connectivity index (χ0) is 18.4. The number of pyridine rings is 1. The van der Waals surface area contributed by atoms with E-state index in [4.69, 9.17) is 0 Å². The van der Waals surface area contributed by atoms with Gasteiger partial charge in [0.1, 0.15) is 0 Å². The molecule has 2 amide bonds. The lowest BCUT2D eigenvalue weighted by molar-refractivity contribution is -0.128. The fourth-order valence-electron chi connectivity index (χ4n) is 3.68. The van der Waals surface area contributed by atoms with Crippen LogP contribution in [0, 0.1) is 5.92 Å². The molecule has 2 heterocycles. The molecule has 1 aliphatic heterocycles. The molecule has 2 aromatic rings. The van der Waals surface area contributed by atoms with Crippen molar-refractivity contribution in [2.45, 2.75) is 39.0 Å². The summed E-state index contributed by atoms with van der Waals surface area (Å²) in [5.74, 6) is 0.829. The van der Waals surface area contributed by atoms with Crippen molar-refractivity contribution in [3.8, 4) is 0 Å². The zero-order valence-corrected chi connectivity index (χ0v) is 15.4. The number of amides is 2. The molecule has 1 unspecified atom stereocenters. The molecule has 0 aliphatic carbocycles. The van der Waals surface area contributed by atoms with E-state index in [0.29, 0.717) is 18.9 Å². The van der Waals surface area contributed by atoms with Crippen LogP contribution in [-0.4, -0.2) is 41.3 Å². The van der Waals surface area contributed by atoms with Gasteiger partial charge >= 0.3 is 0 Å². The molecule has 0 bridgehead atoms. The van der Waals surface area contributed by atoms with Gasteiger partial charge in [0.25, 0.3) is 0 Å². The summed E-state index contributed by atoms with van der Waals surface area (Å²) in [4.78, 5) is 29.8. The summed E-state index contributed by atoms with van der Waals surface area (Å²) in [5, 5.41) is 5.25. The normalized spacial score (nSPS) is 17.7. The van der Waals surface area contributed by atoms with Crippen LogP contribution in [0.5, 0.6) is 0 Å². The van der Waals surface area contributed by atoms with Crippen molar-refractivity contribution < 1.29 is 9.59 Å². The molecule has 5 nitrogen and oxygen atoms in total. The molecule has 1 atom stereocenters. The van der Waals surface area contributed by atoms with Crippen molar-refractivity contribution in [3.05, 3.63) is 42.2 Å². The number of benzene rings is 1. The van der Waals surface area contributed by atoms with E-state index >= 15 is 0 Å². The molecule has 1 fully saturated rings. The van der Waals surface area contributed by atoms with E-state index < -0.39 is 0 Å². The van der Waals surface area contributed by atoms with Crippen LogP contribution in [0.2, 0.25) is 0 Å². The van der Waals surface area contributed by atoms with E-state index in [1.807, 2.05) is 29.3 Å². The van der Waals surface area contributed by atoms with Gasteiger partial charge in [0.2, 0.25) is 11.8 Å². The Morgan fingerprint density at radius 1 is 1.19 bits per heavy atom. The number of hydrogen-bond acceptors (Lipinski definition) is 3. The smallest absolute Gasteiger partial charge is 0.224 e. The second-order valence-electron chi connectivity index (χ2n) is 7.18. The Labute approximate surface area is 154 Å². The van der Waals surface area contributed by atoms with Gasteiger partial charge in [0.15, 0.2) is 0 Å². The summed E-state index contributed by atoms with van der Waals surface area (Å²) in [7, 11) is 0. The van der Waals surface area contributed by atoms with Crippen LogP contribution in [0.25, 0.3) is 10.8 Å². The summed E-state index contributed by atoms with van der Waals surface area (Å²) in [6.45, 7) is 4.07. The summed E-state index contributed by atoms with van der Waals surface area (Å²) in [5.41, 5.74) is 1.02. The molecular formula is C21H27N3O2. The monoisotopic (exact) mass is 353 g/mol. The lowest BCUT2D eigenvalue weighted by Crippen LogP contribution is -2.30. The van der Waals surface area contributed by atoms with Gasteiger partial charge in [-0.3, -0.25) is 14.6 Å². The van der Waals surface area contributed by atoms with Crippen molar-refractivity contribution in [2.24, 2.45) is 5.92 Å². The minimum absolute atomic E-state index is 0.0670. The van der Waals surface area contributed by atoms with Crippen LogP contribution in [-0.2, 0) is 16.0 Å². The molecule has 1 aromatic heterocycles. The van der Waals surface area contributed by atoms with Gasteiger partial charge in [0, 0.05) is 44.3 Å². The minimum Gasteiger partial charge on any atom is -0.356 e. The Bertz CT molecular complexity index is 775. The SMILES string of the molecule is CC(=O)N1CCCC(CCNC(=O)Cc2ccc3cnccc3c2)CC1. The number of hydrogen-bond donors (Lipinski definition) is 1. The highest BCUT2D eigenvalue weighted by Gasteiger charge is 2.18. The van der Waals surface area contributed by atoms with Gasteiger partial charge < -0.3 is 10.2 Å². The van der Waals surface area contributed by atoms with Crippen molar-refractivity contribution in [1.82, 2.24) is 15.2 Å². The van der Waals surface area contributed by atoms with Gasteiger partial charge in [0.05, 0.1) is 6.42 Å². The predicted molar refractivity (Wildman–Crippen MR) is 103 cm³/mol. The van der Waals surface area contributed by atoms with Crippen molar-refractivity contribution in [1.29, 1.82) is 0 Å². The number of carbonyl (C=O) groups is 2. The standard InChI is InChI=1S/C21H27N3O2/c1-16(25)24-11-2-3-17(8-12-24)6-10-23-21(26)14-18-4-5-20-15-22-9-7-19(20)13-18/h4-5,7,9,13,15,17H,2-3,6,8,10-12,14H2,1H3,(H,23,26). The van der Waals surface area contributed by atoms with E-state index in [-0.39, 0.29) is 11.8 Å². The maximum Gasteiger partial charge on any atom is 0.224 e. The fourth-order valence-corrected chi connectivity index (χ4v) is 3.68. The lowest BCUT2D eigenvalue weighted by atomic mass is 9.97. The molecule has 138 valence electrons. The molecular weight excluding hydrogens is 326 g/mol. The first-order valence-corrected chi connectivity index (χ1v) is 9.46. The van der Waals surface area contributed by atoms with Crippen molar-refractivity contribution >= 4 is 22.6 Å². The van der Waals surface area contributed by atoms with Gasteiger partial charge in [-0.15, -0.1) is 0 Å². The second kappa shape index (κ2) is 8.79. The molecule has 1 N–H and O–H groups in total. The van der Waals surface area contributed by atoms with Crippen LogP contribution in [0.15, 0.2) is 36.7 Å². The Morgan fingerprint density at radius 2 is 2.08 bits per heavy atom. The average molecular weight is 353 g/mol. The lowest BCUT2D eigenvalue weighted by Gasteiger charge is -2.18. The van der Waals surface area contributed by atoms with Crippen LogP contribution < -0.4 is 5.32 Å². The third kappa shape index (κ3) is 5.04. The summed E-state index contributed by atoms with van der Waals surface area (Å²) < 4.78 is 0. The van der Waals surface area contributed by atoms with E-state index in [1.165, 1.54) is 0 Å². The third-order valence-electron chi connectivity index (χ3n) is 5.24. The third-order valence-corrected chi connectivity index (χ3v) is 5.24. The van der Waals surface area contributed by atoms with Gasteiger partial charge in [-0.05, 0) is 48.6 Å². The molecule has 1 aliphatic rings.